The molecule has 0 aliphatic rings. The van der Waals surface area contributed by atoms with Gasteiger partial charge in [-0.3, -0.25) is 9.59 Å². The number of aldehydes is 1. The topological polar surface area (TPSA) is 116 Å². The SMILES string of the molecule is CC.CCCCC(=O)Nc1c(C)nc(OCCOC)nc1N.CCc1ccc(C=O)cc1. The number of amides is 1. The van der Waals surface area contributed by atoms with Crippen molar-refractivity contribution in [1.82, 2.24) is 9.97 Å². The number of benzene rings is 1. The Morgan fingerprint density at radius 1 is 1.12 bits per heavy atom. The lowest BCUT2D eigenvalue weighted by Gasteiger charge is -2.12. The van der Waals surface area contributed by atoms with Crippen LogP contribution in [0, 0.1) is 6.92 Å². The standard InChI is InChI=1S/C13H22N4O3.C9H10O.C2H6/c1-4-5-6-10(18)16-11-9(2)15-13(17-12(11)14)20-8-7-19-3;1-2-8-3-5-9(7-10)6-4-8;1-2/h4-8H2,1-3H3,(H,16,18)(H2,14,15,17);3-7H,2H2,1H3;1-2H3. The highest BCUT2D eigenvalue weighted by atomic mass is 16.5. The van der Waals surface area contributed by atoms with Crippen LogP contribution in [-0.4, -0.2) is 42.5 Å². The molecule has 0 saturated heterocycles. The van der Waals surface area contributed by atoms with Crippen molar-refractivity contribution in [1.29, 1.82) is 0 Å². The van der Waals surface area contributed by atoms with Crippen LogP contribution in [0.4, 0.5) is 11.5 Å². The summed E-state index contributed by atoms with van der Waals surface area (Å²) in [4.78, 5) is 30.1. The Labute approximate surface area is 191 Å². The minimum Gasteiger partial charge on any atom is -0.461 e. The van der Waals surface area contributed by atoms with E-state index >= 15 is 0 Å². The van der Waals surface area contributed by atoms with E-state index < -0.39 is 0 Å². The lowest BCUT2D eigenvalue weighted by molar-refractivity contribution is -0.116. The normalized spacial score (nSPS) is 9.56. The zero-order valence-electron chi connectivity index (χ0n) is 20.2. The van der Waals surface area contributed by atoms with Crippen LogP contribution in [0.1, 0.15) is 68.6 Å². The van der Waals surface area contributed by atoms with Crippen molar-refractivity contribution in [2.24, 2.45) is 0 Å². The maximum absolute atomic E-state index is 11.7. The van der Waals surface area contributed by atoms with Gasteiger partial charge in [0, 0.05) is 19.1 Å². The van der Waals surface area contributed by atoms with Crippen LogP contribution < -0.4 is 15.8 Å². The molecule has 1 aromatic heterocycles. The van der Waals surface area contributed by atoms with Crippen LogP contribution in [-0.2, 0) is 16.0 Å². The predicted molar refractivity (Wildman–Crippen MR) is 129 cm³/mol. The minimum atomic E-state index is -0.0849. The van der Waals surface area contributed by atoms with Gasteiger partial charge in [-0.15, -0.1) is 0 Å². The van der Waals surface area contributed by atoms with Crippen LogP contribution in [0.15, 0.2) is 24.3 Å². The molecule has 1 heterocycles. The van der Waals surface area contributed by atoms with Gasteiger partial charge >= 0.3 is 6.01 Å². The van der Waals surface area contributed by atoms with Crippen LogP contribution >= 0.6 is 0 Å². The van der Waals surface area contributed by atoms with Gasteiger partial charge in [0.05, 0.1) is 12.3 Å². The van der Waals surface area contributed by atoms with E-state index in [4.69, 9.17) is 15.2 Å². The largest absolute Gasteiger partial charge is 0.461 e. The number of rotatable bonds is 10. The number of hydrogen-bond donors (Lipinski definition) is 2. The second-order valence-corrected chi connectivity index (χ2v) is 6.56. The number of unbranched alkanes of at least 4 members (excludes halogenated alkanes) is 1. The summed E-state index contributed by atoms with van der Waals surface area (Å²) in [6.45, 7) is 10.7. The summed E-state index contributed by atoms with van der Waals surface area (Å²) in [6, 6.07) is 7.81. The van der Waals surface area contributed by atoms with Gasteiger partial charge in [-0.1, -0.05) is 58.4 Å². The lowest BCUT2D eigenvalue weighted by Crippen LogP contribution is -2.16. The summed E-state index contributed by atoms with van der Waals surface area (Å²) in [7, 11) is 1.58. The number of carbonyl (C=O) groups is 2. The average Bonchev–Trinajstić information content (AvgIpc) is 2.82. The van der Waals surface area contributed by atoms with Crippen LogP contribution in [0.5, 0.6) is 6.01 Å². The van der Waals surface area contributed by atoms with E-state index in [0.717, 1.165) is 31.1 Å². The maximum atomic E-state index is 11.7. The number of methoxy groups -OCH3 is 1. The number of hydrogen-bond acceptors (Lipinski definition) is 7. The smallest absolute Gasteiger partial charge is 0.318 e. The van der Waals surface area contributed by atoms with E-state index in [2.05, 4.69) is 22.2 Å². The molecule has 32 heavy (non-hydrogen) atoms. The number of aryl methyl sites for hydroxylation is 2. The zero-order chi connectivity index (χ0) is 24.4. The van der Waals surface area contributed by atoms with Gasteiger partial charge in [-0.05, 0) is 25.3 Å². The first-order valence-corrected chi connectivity index (χ1v) is 11.0. The second-order valence-electron chi connectivity index (χ2n) is 6.56. The van der Waals surface area contributed by atoms with E-state index in [1.807, 2.05) is 45.0 Å². The molecular formula is C24H38N4O4. The Bertz CT molecular complexity index is 772. The molecule has 1 amide bonds. The number of nitrogen functional groups attached to an aromatic ring is 1. The molecule has 0 aliphatic heterocycles. The first-order chi connectivity index (χ1) is 15.4. The molecule has 0 spiro atoms. The quantitative estimate of drug-likeness (QED) is 0.404. The van der Waals surface area contributed by atoms with Gasteiger partial charge in [0.25, 0.3) is 0 Å². The molecule has 0 unspecified atom stereocenters. The van der Waals surface area contributed by atoms with E-state index in [9.17, 15) is 9.59 Å². The second kappa shape index (κ2) is 17.7. The highest BCUT2D eigenvalue weighted by Gasteiger charge is 2.12. The van der Waals surface area contributed by atoms with Crippen LogP contribution in [0.3, 0.4) is 0 Å². The van der Waals surface area contributed by atoms with Crippen molar-refractivity contribution < 1.29 is 19.1 Å². The number of aromatic nitrogens is 2. The molecule has 0 saturated carbocycles. The van der Waals surface area contributed by atoms with Crippen molar-refractivity contribution in [3.63, 3.8) is 0 Å². The number of ether oxygens (including phenoxy) is 2. The third-order valence-electron chi connectivity index (χ3n) is 4.16. The Morgan fingerprint density at radius 2 is 1.78 bits per heavy atom. The Kier molecular flexibility index (Phi) is 16.0. The van der Waals surface area contributed by atoms with Crippen molar-refractivity contribution >= 4 is 23.7 Å². The van der Waals surface area contributed by atoms with E-state index in [-0.39, 0.29) is 17.7 Å². The summed E-state index contributed by atoms with van der Waals surface area (Å²) in [5.74, 6) is 0.119. The highest BCUT2D eigenvalue weighted by Crippen LogP contribution is 2.22. The van der Waals surface area contributed by atoms with Crippen molar-refractivity contribution in [2.75, 3.05) is 31.4 Å². The Balaban J connectivity index is 0.000000668. The van der Waals surface area contributed by atoms with Crippen molar-refractivity contribution in [3.05, 3.63) is 41.1 Å². The third-order valence-corrected chi connectivity index (χ3v) is 4.16. The summed E-state index contributed by atoms with van der Waals surface area (Å²) in [6.07, 6.45) is 4.15. The minimum absolute atomic E-state index is 0.0849. The predicted octanol–water partition coefficient (Wildman–Crippen LogP) is 4.61. The van der Waals surface area contributed by atoms with Gasteiger partial charge < -0.3 is 20.5 Å². The van der Waals surface area contributed by atoms with E-state index in [1.165, 1.54) is 5.56 Å². The molecule has 8 heteroatoms. The molecule has 2 rings (SSSR count). The average molecular weight is 447 g/mol. The molecule has 0 fully saturated rings. The van der Waals surface area contributed by atoms with Gasteiger partial charge in [-0.2, -0.15) is 9.97 Å². The van der Waals surface area contributed by atoms with Crippen molar-refractivity contribution in [3.8, 4) is 6.01 Å². The highest BCUT2D eigenvalue weighted by molar-refractivity contribution is 5.93. The molecule has 8 nitrogen and oxygen atoms in total. The zero-order valence-corrected chi connectivity index (χ0v) is 20.2. The fourth-order valence-corrected chi connectivity index (χ4v) is 2.38. The summed E-state index contributed by atoms with van der Waals surface area (Å²) in [5, 5.41) is 2.74. The van der Waals surface area contributed by atoms with Crippen molar-refractivity contribution in [2.45, 2.75) is 60.3 Å². The maximum Gasteiger partial charge on any atom is 0.318 e. The molecule has 0 radical (unpaired) electrons. The van der Waals surface area contributed by atoms with Crippen LogP contribution in [0.2, 0.25) is 0 Å². The Hall–Kier alpha value is -3.00. The first kappa shape index (κ1) is 29.0. The number of nitrogens with zero attached hydrogens (tertiary/aromatic N) is 2. The van der Waals surface area contributed by atoms with Gasteiger partial charge in [-0.25, -0.2) is 0 Å². The number of carbonyl (C=O) groups excluding carboxylic acids is 2. The molecule has 0 bridgehead atoms. The van der Waals surface area contributed by atoms with E-state index in [0.29, 0.717) is 31.0 Å². The first-order valence-electron chi connectivity index (χ1n) is 11.0. The monoisotopic (exact) mass is 446 g/mol. The summed E-state index contributed by atoms with van der Waals surface area (Å²) >= 11 is 0. The molecule has 178 valence electrons. The fraction of sp³-hybridized carbons (Fsp3) is 0.500. The molecule has 0 atom stereocenters. The molecule has 3 N–H and O–H groups in total. The summed E-state index contributed by atoms with van der Waals surface area (Å²) < 4.78 is 10.2. The van der Waals surface area contributed by atoms with Gasteiger partial charge in [0.15, 0.2) is 5.82 Å². The molecule has 2 aromatic rings. The molecule has 0 aliphatic carbocycles. The lowest BCUT2D eigenvalue weighted by atomic mass is 10.1. The van der Waals surface area contributed by atoms with E-state index in [1.54, 1.807) is 14.0 Å². The van der Waals surface area contributed by atoms with Gasteiger partial charge in [0.1, 0.15) is 18.6 Å². The number of anilines is 2. The molecular weight excluding hydrogens is 408 g/mol. The fourth-order valence-electron chi connectivity index (χ4n) is 2.38. The Morgan fingerprint density at radius 3 is 2.28 bits per heavy atom. The van der Waals surface area contributed by atoms with Crippen LogP contribution in [0.25, 0.3) is 0 Å². The molecule has 1 aromatic carbocycles. The van der Waals surface area contributed by atoms with Gasteiger partial charge in [0.2, 0.25) is 5.91 Å². The number of nitrogens with one attached hydrogen (secondary N) is 1. The third kappa shape index (κ3) is 11.4. The summed E-state index contributed by atoms with van der Waals surface area (Å²) in [5.41, 5.74) is 8.87. The number of nitrogens with two attached hydrogens (primary N) is 1.